The first-order valence-corrected chi connectivity index (χ1v) is 11.8. The minimum Gasteiger partial charge on any atom is -0.488 e. The van der Waals surface area contributed by atoms with Crippen LogP contribution >= 0.6 is 11.6 Å². The monoisotopic (exact) mass is 355 g/mol. The summed E-state index contributed by atoms with van der Waals surface area (Å²) in [6, 6.07) is 5.42. The summed E-state index contributed by atoms with van der Waals surface area (Å²) in [6.07, 6.45) is 4.74. The molecule has 2 rings (SSSR count). The van der Waals surface area contributed by atoms with Crippen LogP contribution < -0.4 is 10.5 Å². The van der Waals surface area contributed by atoms with Crippen molar-refractivity contribution in [3.8, 4) is 5.75 Å². The number of nitrogen functional groups attached to an aromatic ring is 1. The Kier molecular flexibility index (Phi) is 5.70. The van der Waals surface area contributed by atoms with Crippen LogP contribution in [0.2, 0.25) is 23.2 Å². The first-order valence-electron chi connectivity index (χ1n) is 8.48. The Morgan fingerprint density at radius 3 is 2.17 bits per heavy atom. The molecule has 1 aromatic rings. The first kappa shape index (κ1) is 18.6. The molecule has 3 nitrogen and oxygen atoms in total. The second-order valence-electron chi connectivity index (χ2n) is 8.08. The van der Waals surface area contributed by atoms with Crippen LogP contribution in [0.4, 0.5) is 5.69 Å². The number of halogens is 1. The maximum absolute atomic E-state index is 6.52. The Bertz CT molecular complexity index is 534. The number of hydrogen-bond donors (Lipinski definition) is 1. The summed E-state index contributed by atoms with van der Waals surface area (Å²) >= 11 is 5.93. The molecule has 1 aromatic carbocycles. The zero-order chi connectivity index (χ0) is 17.3. The van der Waals surface area contributed by atoms with Crippen molar-refractivity contribution in [1.82, 2.24) is 0 Å². The summed E-state index contributed by atoms with van der Waals surface area (Å²) in [5, 5.41) is 0.902. The number of ether oxygens (including phenoxy) is 1. The Balaban J connectivity index is 1.87. The van der Waals surface area contributed by atoms with E-state index in [0.717, 1.165) is 31.4 Å². The second-order valence-corrected chi connectivity index (χ2v) is 13.3. The quantitative estimate of drug-likeness (QED) is 0.562. The zero-order valence-electron chi connectivity index (χ0n) is 15.0. The Labute approximate surface area is 146 Å². The van der Waals surface area contributed by atoms with E-state index in [2.05, 4.69) is 33.9 Å². The molecule has 0 spiro atoms. The summed E-state index contributed by atoms with van der Waals surface area (Å²) < 4.78 is 12.6. The average Bonchev–Trinajstić information content (AvgIpc) is 2.42. The van der Waals surface area contributed by atoms with Gasteiger partial charge < -0.3 is 14.9 Å². The molecule has 0 heterocycles. The molecule has 0 aromatic heterocycles. The normalized spacial score (nSPS) is 22.9. The van der Waals surface area contributed by atoms with Gasteiger partial charge in [0, 0.05) is 11.1 Å². The van der Waals surface area contributed by atoms with E-state index in [1.54, 1.807) is 6.07 Å². The summed E-state index contributed by atoms with van der Waals surface area (Å²) in [6.45, 7) is 11.5. The maximum atomic E-state index is 6.52. The van der Waals surface area contributed by atoms with E-state index >= 15 is 0 Å². The van der Waals surface area contributed by atoms with Crippen LogP contribution in [-0.2, 0) is 4.43 Å². The molecule has 0 saturated heterocycles. The molecule has 5 heteroatoms. The van der Waals surface area contributed by atoms with Gasteiger partial charge in [-0.1, -0.05) is 32.4 Å². The van der Waals surface area contributed by atoms with Crippen LogP contribution in [0.15, 0.2) is 18.2 Å². The molecule has 0 radical (unpaired) electrons. The van der Waals surface area contributed by atoms with Gasteiger partial charge in [0.05, 0.1) is 11.8 Å². The van der Waals surface area contributed by atoms with Gasteiger partial charge >= 0.3 is 0 Å². The molecule has 0 aliphatic heterocycles. The molecular weight excluding hydrogens is 326 g/mol. The molecule has 23 heavy (non-hydrogen) atoms. The van der Waals surface area contributed by atoms with Crippen LogP contribution in [0.3, 0.4) is 0 Å². The van der Waals surface area contributed by atoms with Gasteiger partial charge in [-0.25, -0.2) is 0 Å². The van der Waals surface area contributed by atoms with Crippen LogP contribution in [-0.4, -0.2) is 20.5 Å². The van der Waals surface area contributed by atoms with E-state index in [1.807, 2.05) is 12.1 Å². The van der Waals surface area contributed by atoms with Crippen molar-refractivity contribution in [2.75, 3.05) is 5.73 Å². The number of anilines is 1. The Morgan fingerprint density at radius 1 is 1.09 bits per heavy atom. The average molecular weight is 356 g/mol. The molecule has 0 amide bonds. The van der Waals surface area contributed by atoms with Gasteiger partial charge in [-0.2, -0.15) is 0 Å². The van der Waals surface area contributed by atoms with Gasteiger partial charge in [0.15, 0.2) is 8.32 Å². The van der Waals surface area contributed by atoms with E-state index in [9.17, 15) is 0 Å². The van der Waals surface area contributed by atoms with Gasteiger partial charge in [0.2, 0.25) is 0 Å². The number of benzene rings is 1. The second kappa shape index (κ2) is 7.04. The SMILES string of the molecule is CC(C)(C)[Si](C)(C)O[C@H]1CC[C@@H](Oc2ccc(Cl)cc2N)CC1. The lowest BCUT2D eigenvalue weighted by Crippen LogP contribution is -2.45. The zero-order valence-corrected chi connectivity index (χ0v) is 16.7. The van der Waals surface area contributed by atoms with Crippen molar-refractivity contribution in [1.29, 1.82) is 0 Å². The maximum Gasteiger partial charge on any atom is 0.192 e. The molecular formula is C18H30ClNO2Si. The highest BCUT2D eigenvalue weighted by Crippen LogP contribution is 2.39. The Hall–Kier alpha value is -0.713. The first-order chi connectivity index (χ1) is 10.6. The molecule has 0 unspecified atom stereocenters. The summed E-state index contributed by atoms with van der Waals surface area (Å²) in [5.74, 6) is 0.739. The predicted octanol–water partition coefficient (Wildman–Crippen LogP) is 5.63. The lowest BCUT2D eigenvalue weighted by molar-refractivity contribution is 0.0729. The molecule has 1 saturated carbocycles. The standard InChI is InChI=1S/C18H30ClNO2Si/c1-18(2,3)23(4,5)22-15-9-7-14(8-10-15)21-17-11-6-13(19)12-16(17)20/h6,11-12,14-15H,7-10,20H2,1-5H3/t14-,15+. The third-order valence-electron chi connectivity index (χ3n) is 5.15. The largest absolute Gasteiger partial charge is 0.488 e. The van der Waals surface area contributed by atoms with Crippen molar-refractivity contribution in [3.63, 3.8) is 0 Å². The number of hydrogen-bond acceptors (Lipinski definition) is 3. The van der Waals surface area contributed by atoms with Crippen molar-refractivity contribution >= 4 is 25.6 Å². The van der Waals surface area contributed by atoms with E-state index < -0.39 is 8.32 Å². The minimum absolute atomic E-state index is 0.220. The summed E-state index contributed by atoms with van der Waals surface area (Å²) in [7, 11) is -1.68. The van der Waals surface area contributed by atoms with E-state index in [1.165, 1.54) is 0 Å². The third kappa shape index (κ3) is 4.88. The van der Waals surface area contributed by atoms with Gasteiger partial charge in [0.1, 0.15) is 5.75 Å². The van der Waals surface area contributed by atoms with Gasteiger partial charge in [-0.3, -0.25) is 0 Å². The Morgan fingerprint density at radius 2 is 1.65 bits per heavy atom. The van der Waals surface area contributed by atoms with Crippen molar-refractivity contribution in [2.45, 2.75) is 76.8 Å². The fourth-order valence-corrected chi connectivity index (χ4v) is 4.27. The van der Waals surface area contributed by atoms with Gasteiger partial charge in [0.25, 0.3) is 0 Å². The van der Waals surface area contributed by atoms with Crippen LogP contribution in [0, 0.1) is 0 Å². The summed E-state index contributed by atoms with van der Waals surface area (Å²) in [5.41, 5.74) is 6.58. The highest BCUT2D eigenvalue weighted by Gasteiger charge is 2.39. The lowest BCUT2D eigenvalue weighted by Gasteiger charge is -2.41. The topological polar surface area (TPSA) is 44.5 Å². The third-order valence-corrected chi connectivity index (χ3v) is 9.92. The highest BCUT2D eigenvalue weighted by molar-refractivity contribution is 6.74. The predicted molar refractivity (Wildman–Crippen MR) is 101 cm³/mol. The molecule has 1 aliphatic rings. The van der Waals surface area contributed by atoms with Crippen molar-refractivity contribution in [3.05, 3.63) is 23.2 Å². The smallest absolute Gasteiger partial charge is 0.192 e. The summed E-state index contributed by atoms with van der Waals surface area (Å²) in [4.78, 5) is 0. The van der Waals surface area contributed by atoms with E-state index in [0.29, 0.717) is 16.8 Å². The van der Waals surface area contributed by atoms with Gasteiger partial charge in [-0.15, -0.1) is 0 Å². The van der Waals surface area contributed by atoms with Crippen LogP contribution in [0.25, 0.3) is 0 Å². The van der Waals surface area contributed by atoms with E-state index in [-0.39, 0.29) is 11.1 Å². The number of nitrogens with two attached hydrogens (primary N) is 1. The molecule has 0 bridgehead atoms. The van der Waals surface area contributed by atoms with Crippen molar-refractivity contribution < 1.29 is 9.16 Å². The molecule has 130 valence electrons. The molecule has 1 fully saturated rings. The van der Waals surface area contributed by atoms with Gasteiger partial charge in [-0.05, 0) is 62.0 Å². The molecule has 1 aliphatic carbocycles. The van der Waals surface area contributed by atoms with Crippen molar-refractivity contribution in [2.24, 2.45) is 0 Å². The number of rotatable bonds is 4. The van der Waals surface area contributed by atoms with Crippen LogP contribution in [0.1, 0.15) is 46.5 Å². The molecule has 2 N–H and O–H groups in total. The fourth-order valence-electron chi connectivity index (χ4n) is 2.67. The fraction of sp³-hybridized carbons (Fsp3) is 0.667. The minimum atomic E-state index is -1.68. The lowest BCUT2D eigenvalue weighted by atomic mass is 9.95. The highest BCUT2D eigenvalue weighted by atomic mass is 35.5. The molecule has 0 atom stereocenters. The van der Waals surface area contributed by atoms with Crippen LogP contribution in [0.5, 0.6) is 5.75 Å². The van der Waals surface area contributed by atoms with E-state index in [4.69, 9.17) is 26.5 Å².